The average Bonchev–Trinajstić information content (AvgIpc) is 3.27. The first-order valence-electron chi connectivity index (χ1n) is 10.7. The average molecular weight is 430 g/mol. The molecule has 2 saturated carbocycles. The van der Waals surface area contributed by atoms with E-state index in [-0.39, 0.29) is 18.1 Å². The summed E-state index contributed by atoms with van der Waals surface area (Å²) in [5, 5.41) is 4.04. The Morgan fingerprint density at radius 3 is 2.40 bits per heavy atom. The lowest BCUT2D eigenvalue weighted by Crippen LogP contribution is -2.48. The van der Waals surface area contributed by atoms with Crippen LogP contribution in [0.4, 0.5) is 0 Å². The molecule has 2 aliphatic carbocycles. The van der Waals surface area contributed by atoms with Gasteiger partial charge in [0.15, 0.2) is 0 Å². The van der Waals surface area contributed by atoms with E-state index >= 15 is 0 Å². The van der Waals surface area contributed by atoms with Gasteiger partial charge in [0.05, 0.1) is 24.9 Å². The predicted octanol–water partition coefficient (Wildman–Crippen LogP) is 4.46. The summed E-state index contributed by atoms with van der Waals surface area (Å²) in [4.78, 5) is 21.7. The second kappa shape index (κ2) is 9.21. The second-order valence-corrected chi connectivity index (χ2v) is 8.70. The molecule has 0 aliphatic heterocycles. The monoisotopic (exact) mass is 429 g/mol. The van der Waals surface area contributed by atoms with Crippen molar-refractivity contribution in [2.45, 2.75) is 68.9 Å². The summed E-state index contributed by atoms with van der Waals surface area (Å²) in [6, 6.07) is 7.96. The maximum atomic E-state index is 13.4. The standard InChI is InChI=1S/C23H28ClN3O3/c1-29-20-14-25-15-21(27-20)30-19-10-8-18(9-11-19)26-22(28)23(12-2-3-13-23)16-4-6-17(24)7-5-16/h4-7,14-15,18-19H,2-3,8-13H2,1H3,(H,26,28). The molecule has 1 N–H and O–H groups in total. The molecule has 0 unspecified atom stereocenters. The second-order valence-electron chi connectivity index (χ2n) is 8.26. The van der Waals surface area contributed by atoms with Crippen LogP contribution in [-0.2, 0) is 10.2 Å². The lowest BCUT2D eigenvalue weighted by molar-refractivity contribution is -0.127. The lowest BCUT2D eigenvalue weighted by atomic mass is 9.77. The van der Waals surface area contributed by atoms with Crippen LogP contribution in [0.3, 0.4) is 0 Å². The number of carbonyl (C=O) groups excluding carboxylic acids is 1. The number of halogens is 1. The molecule has 0 atom stereocenters. The van der Waals surface area contributed by atoms with Crippen LogP contribution in [0.2, 0.25) is 5.02 Å². The molecule has 0 radical (unpaired) electrons. The Hall–Kier alpha value is -2.34. The van der Waals surface area contributed by atoms with Crippen LogP contribution in [0.1, 0.15) is 56.9 Å². The minimum Gasteiger partial charge on any atom is -0.480 e. The zero-order valence-corrected chi connectivity index (χ0v) is 18.0. The van der Waals surface area contributed by atoms with Gasteiger partial charge in [-0.25, -0.2) is 0 Å². The van der Waals surface area contributed by atoms with Crippen molar-refractivity contribution in [3.8, 4) is 11.8 Å². The fraction of sp³-hybridized carbons (Fsp3) is 0.522. The molecule has 6 nitrogen and oxygen atoms in total. The molecule has 2 aromatic rings. The van der Waals surface area contributed by atoms with Gasteiger partial charge in [-0.15, -0.1) is 0 Å². The summed E-state index contributed by atoms with van der Waals surface area (Å²) in [6.45, 7) is 0. The van der Waals surface area contributed by atoms with Gasteiger partial charge in [-0.2, -0.15) is 4.98 Å². The maximum Gasteiger partial charge on any atom is 0.235 e. The minimum atomic E-state index is -0.423. The Bertz CT molecular complexity index is 860. The quantitative estimate of drug-likeness (QED) is 0.734. The van der Waals surface area contributed by atoms with Crippen molar-refractivity contribution in [2.24, 2.45) is 0 Å². The van der Waals surface area contributed by atoms with E-state index in [1.807, 2.05) is 24.3 Å². The molecule has 7 heteroatoms. The first-order valence-corrected chi connectivity index (χ1v) is 11.1. The van der Waals surface area contributed by atoms with Crippen molar-refractivity contribution >= 4 is 17.5 Å². The number of amides is 1. The molecule has 1 heterocycles. The highest BCUT2D eigenvalue weighted by Crippen LogP contribution is 2.42. The van der Waals surface area contributed by atoms with Crippen molar-refractivity contribution in [3.05, 3.63) is 47.2 Å². The first-order chi connectivity index (χ1) is 14.6. The Labute approximate surface area is 182 Å². The van der Waals surface area contributed by atoms with Crippen LogP contribution in [0.25, 0.3) is 0 Å². The van der Waals surface area contributed by atoms with Gasteiger partial charge in [-0.3, -0.25) is 9.78 Å². The zero-order valence-electron chi connectivity index (χ0n) is 17.3. The molecule has 1 amide bonds. The number of aromatic nitrogens is 2. The van der Waals surface area contributed by atoms with E-state index in [1.165, 1.54) is 0 Å². The third-order valence-corrected chi connectivity index (χ3v) is 6.64. The number of ether oxygens (including phenoxy) is 2. The molecule has 2 aliphatic rings. The smallest absolute Gasteiger partial charge is 0.235 e. The summed E-state index contributed by atoms with van der Waals surface area (Å²) in [5.74, 6) is 1.08. The highest BCUT2D eigenvalue weighted by molar-refractivity contribution is 6.30. The van der Waals surface area contributed by atoms with Gasteiger partial charge in [0, 0.05) is 11.1 Å². The summed E-state index contributed by atoms with van der Waals surface area (Å²) in [5.41, 5.74) is 0.657. The molecule has 2 fully saturated rings. The van der Waals surface area contributed by atoms with Crippen LogP contribution in [0, 0.1) is 0 Å². The third kappa shape index (κ3) is 4.53. The molecular formula is C23H28ClN3O3. The van der Waals surface area contributed by atoms with E-state index in [0.29, 0.717) is 16.8 Å². The van der Waals surface area contributed by atoms with Crippen LogP contribution in [-0.4, -0.2) is 35.1 Å². The largest absolute Gasteiger partial charge is 0.480 e. The topological polar surface area (TPSA) is 73.3 Å². The Morgan fingerprint density at radius 2 is 1.73 bits per heavy atom. The molecule has 1 aromatic carbocycles. The molecule has 0 saturated heterocycles. The van der Waals surface area contributed by atoms with Gasteiger partial charge < -0.3 is 14.8 Å². The fourth-order valence-electron chi connectivity index (χ4n) is 4.70. The zero-order chi connectivity index (χ0) is 21.0. The van der Waals surface area contributed by atoms with Gasteiger partial charge in [-0.1, -0.05) is 36.6 Å². The number of nitrogens with zero attached hydrogens (tertiary/aromatic N) is 2. The molecular weight excluding hydrogens is 402 g/mol. The Balaban J connectivity index is 1.34. The summed E-state index contributed by atoms with van der Waals surface area (Å²) < 4.78 is 11.1. The highest BCUT2D eigenvalue weighted by atomic mass is 35.5. The Kier molecular flexibility index (Phi) is 6.42. The molecule has 0 bridgehead atoms. The van der Waals surface area contributed by atoms with Crippen molar-refractivity contribution in [1.29, 1.82) is 0 Å². The minimum absolute atomic E-state index is 0.0799. The van der Waals surface area contributed by atoms with Crippen molar-refractivity contribution < 1.29 is 14.3 Å². The van der Waals surface area contributed by atoms with E-state index in [0.717, 1.165) is 56.9 Å². The fourth-order valence-corrected chi connectivity index (χ4v) is 4.83. The molecule has 4 rings (SSSR count). The van der Waals surface area contributed by atoms with Gasteiger partial charge >= 0.3 is 0 Å². The van der Waals surface area contributed by atoms with Crippen LogP contribution in [0.5, 0.6) is 11.8 Å². The van der Waals surface area contributed by atoms with Gasteiger partial charge in [-0.05, 0) is 56.2 Å². The van der Waals surface area contributed by atoms with E-state index in [9.17, 15) is 4.79 Å². The van der Waals surface area contributed by atoms with E-state index < -0.39 is 5.41 Å². The van der Waals surface area contributed by atoms with E-state index in [2.05, 4.69) is 15.3 Å². The number of benzene rings is 1. The summed E-state index contributed by atoms with van der Waals surface area (Å²) in [6.07, 6.45) is 10.7. The number of rotatable bonds is 6. The van der Waals surface area contributed by atoms with Crippen molar-refractivity contribution in [3.63, 3.8) is 0 Å². The van der Waals surface area contributed by atoms with Crippen LogP contribution < -0.4 is 14.8 Å². The maximum absolute atomic E-state index is 13.4. The van der Waals surface area contributed by atoms with Crippen LogP contribution in [0.15, 0.2) is 36.7 Å². The summed E-state index contributed by atoms with van der Waals surface area (Å²) in [7, 11) is 1.56. The Morgan fingerprint density at radius 1 is 1.07 bits per heavy atom. The lowest BCUT2D eigenvalue weighted by Gasteiger charge is -2.34. The number of nitrogens with one attached hydrogen (secondary N) is 1. The summed E-state index contributed by atoms with van der Waals surface area (Å²) >= 11 is 6.06. The van der Waals surface area contributed by atoms with Crippen LogP contribution >= 0.6 is 11.6 Å². The third-order valence-electron chi connectivity index (χ3n) is 6.38. The SMILES string of the molecule is COc1cncc(OC2CCC(NC(=O)C3(c4ccc(Cl)cc4)CCCC3)CC2)n1. The van der Waals surface area contributed by atoms with Crippen molar-refractivity contribution in [1.82, 2.24) is 15.3 Å². The number of hydrogen-bond acceptors (Lipinski definition) is 5. The van der Waals surface area contributed by atoms with Crippen molar-refractivity contribution in [2.75, 3.05) is 7.11 Å². The molecule has 30 heavy (non-hydrogen) atoms. The highest BCUT2D eigenvalue weighted by Gasteiger charge is 2.43. The van der Waals surface area contributed by atoms with E-state index in [1.54, 1.807) is 19.5 Å². The molecule has 160 valence electrons. The molecule has 1 aromatic heterocycles. The van der Waals surface area contributed by atoms with Gasteiger partial charge in [0.1, 0.15) is 6.10 Å². The molecule has 0 spiro atoms. The number of carbonyl (C=O) groups is 1. The predicted molar refractivity (Wildman–Crippen MR) is 115 cm³/mol. The normalized spacial score (nSPS) is 23.0. The van der Waals surface area contributed by atoms with E-state index in [4.69, 9.17) is 21.1 Å². The van der Waals surface area contributed by atoms with Gasteiger partial charge in [0.25, 0.3) is 0 Å². The number of hydrogen-bond donors (Lipinski definition) is 1. The van der Waals surface area contributed by atoms with Gasteiger partial charge in [0.2, 0.25) is 17.7 Å². The number of methoxy groups -OCH3 is 1. The first kappa shape index (κ1) is 20.9.